The molecule has 0 saturated heterocycles. The fraction of sp³-hybridized carbons (Fsp3) is 0.438. The highest BCUT2D eigenvalue weighted by atomic mass is 35.5. The number of amides is 1. The molecule has 1 atom stereocenters. The number of benzene rings is 1. The third-order valence-electron chi connectivity index (χ3n) is 3.57. The Morgan fingerprint density at radius 1 is 1.45 bits per heavy atom. The molecular formula is C16H16ClNO2. The van der Waals surface area contributed by atoms with Crippen LogP contribution in [-0.2, 0) is 10.3 Å². The van der Waals surface area contributed by atoms with Gasteiger partial charge in [-0.2, -0.15) is 0 Å². The zero-order chi connectivity index (χ0) is 14.3. The maximum absolute atomic E-state index is 11.9. The predicted molar refractivity (Wildman–Crippen MR) is 78.6 cm³/mol. The Morgan fingerprint density at radius 2 is 2.20 bits per heavy atom. The quantitative estimate of drug-likeness (QED) is 0.788. The van der Waals surface area contributed by atoms with Crippen molar-refractivity contribution in [2.24, 2.45) is 11.8 Å². The van der Waals surface area contributed by atoms with Crippen LogP contribution < -0.4 is 5.32 Å². The summed E-state index contributed by atoms with van der Waals surface area (Å²) in [6, 6.07) is 5.48. The summed E-state index contributed by atoms with van der Waals surface area (Å²) in [5.41, 5.74) is 0.808. The van der Waals surface area contributed by atoms with E-state index < -0.39 is 11.7 Å². The number of nitrogens with one attached hydrogen (secondary N) is 1. The molecule has 20 heavy (non-hydrogen) atoms. The summed E-state index contributed by atoms with van der Waals surface area (Å²) in [6.07, 6.45) is 1.61. The van der Waals surface area contributed by atoms with Gasteiger partial charge in [0.1, 0.15) is 0 Å². The first-order valence-corrected chi connectivity index (χ1v) is 7.22. The van der Waals surface area contributed by atoms with Crippen LogP contribution >= 0.6 is 11.6 Å². The Morgan fingerprint density at radius 3 is 2.85 bits per heavy atom. The van der Waals surface area contributed by atoms with E-state index in [4.69, 9.17) is 16.3 Å². The van der Waals surface area contributed by atoms with Gasteiger partial charge in [0, 0.05) is 22.4 Å². The van der Waals surface area contributed by atoms with Crippen molar-refractivity contribution in [2.75, 3.05) is 5.32 Å². The fourth-order valence-electron chi connectivity index (χ4n) is 2.52. The molecule has 1 aromatic rings. The smallest absolute Gasteiger partial charge is 0.413 e. The van der Waals surface area contributed by atoms with E-state index in [0.717, 1.165) is 18.4 Å². The van der Waals surface area contributed by atoms with E-state index in [9.17, 15) is 4.79 Å². The number of halogens is 1. The maximum atomic E-state index is 11.9. The predicted octanol–water partition coefficient (Wildman–Crippen LogP) is 4.17. The van der Waals surface area contributed by atoms with Crippen molar-refractivity contribution >= 4 is 23.4 Å². The van der Waals surface area contributed by atoms with Gasteiger partial charge in [-0.05, 0) is 30.9 Å². The highest BCUT2D eigenvalue weighted by Crippen LogP contribution is 2.52. The second-order valence-corrected chi connectivity index (χ2v) is 6.07. The number of rotatable bonds is 1. The van der Waals surface area contributed by atoms with E-state index in [0.29, 0.717) is 10.7 Å². The fourth-order valence-corrected chi connectivity index (χ4v) is 2.69. The standard InChI is InChI=1S/C16H16ClNO2/c1-10(2)7-8-16(11-3-4-11)13-6-5-12(17)9-14(13)18-15(19)20-16/h5-6,9-11H,3-4H2,1-2H3,(H,18,19). The van der Waals surface area contributed by atoms with Crippen molar-refractivity contribution in [1.29, 1.82) is 0 Å². The molecule has 0 aromatic heterocycles. The van der Waals surface area contributed by atoms with Crippen LogP contribution in [0.2, 0.25) is 5.02 Å². The number of hydrogen-bond donors (Lipinski definition) is 1. The van der Waals surface area contributed by atoms with Crippen LogP contribution in [0, 0.1) is 23.7 Å². The molecule has 1 aliphatic carbocycles. The second kappa shape index (κ2) is 4.71. The minimum atomic E-state index is -0.813. The van der Waals surface area contributed by atoms with Gasteiger partial charge in [-0.15, -0.1) is 0 Å². The molecule has 1 aliphatic heterocycles. The average Bonchev–Trinajstić information content (AvgIpc) is 3.19. The molecule has 3 rings (SSSR count). The van der Waals surface area contributed by atoms with E-state index in [1.165, 1.54) is 0 Å². The number of carbonyl (C=O) groups excluding carboxylic acids is 1. The molecule has 0 radical (unpaired) electrons. The lowest BCUT2D eigenvalue weighted by molar-refractivity contribution is 0.0405. The highest BCUT2D eigenvalue weighted by molar-refractivity contribution is 6.31. The molecule has 1 aromatic carbocycles. The van der Waals surface area contributed by atoms with Crippen LogP contribution in [0.15, 0.2) is 18.2 Å². The zero-order valence-electron chi connectivity index (χ0n) is 11.5. The lowest BCUT2D eigenvalue weighted by Crippen LogP contribution is -2.40. The first kappa shape index (κ1) is 13.3. The Bertz CT molecular complexity index is 625. The molecule has 3 nitrogen and oxygen atoms in total. The lowest BCUT2D eigenvalue weighted by Gasteiger charge is -2.35. The summed E-state index contributed by atoms with van der Waals surface area (Å²) in [7, 11) is 0. The number of carbonyl (C=O) groups is 1. The normalized spacial score (nSPS) is 24.3. The number of fused-ring (bicyclic) bond motifs is 1. The Balaban J connectivity index is 2.16. The summed E-state index contributed by atoms with van der Waals surface area (Å²) in [6.45, 7) is 4.05. The van der Waals surface area contributed by atoms with Crippen LogP contribution in [0.5, 0.6) is 0 Å². The molecule has 2 aliphatic rings. The third kappa shape index (κ3) is 2.25. The van der Waals surface area contributed by atoms with Gasteiger partial charge in [0.25, 0.3) is 0 Å². The van der Waals surface area contributed by atoms with Gasteiger partial charge >= 0.3 is 6.09 Å². The van der Waals surface area contributed by atoms with Crippen LogP contribution in [0.3, 0.4) is 0 Å². The van der Waals surface area contributed by atoms with E-state index >= 15 is 0 Å². The second-order valence-electron chi connectivity index (χ2n) is 5.64. The number of ether oxygens (including phenoxy) is 1. The van der Waals surface area contributed by atoms with Crippen molar-refractivity contribution in [3.8, 4) is 11.8 Å². The minimum Gasteiger partial charge on any atom is -0.425 e. The van der Waals surface area contributed by atoms with Crippen molar-refractivity contribution in [1.82, 2.24) is 0 Å². The molecule has 1 heterocycles. The molecule has 1 amide bonds. The SMILES string of the molecule is CC(C)C#CC1(C2CC2)OC(=O)Nc2cc(Cl)ccc21. The van der Waals surface area contributed by atoms with Crippen molar-refractivity contribution < 1.29 is 9.53 Å². The van der Waals surface area contributed by atoms with Crippen LogP contribution in [0.25, 0.3) is 0 Å². The molecule has 4 heteroatoms. The van der Waals surface area contributed by atoms with Gasteiger partial charge in [-0.1, -0.05) is 37.4 Å². The van der Waals surface area contributed by atoms with Gasteiger partial charge in [-0.3, -0.25) is 5.32 Å². The van der Waals surface area contributed by atoms with Crippen molar-refractivity contribution in [3.05, 3.63) is 28.8 Å². The highest BCUT2D eigenvalue weighted by Gasteiger charge is 2.52. The Hall–Kier alpha value is -1.66. The van der Waals surface area contributed by atoms with E-state index in [-0.39, 0.29) is 11.8 Å². The Labute approximate surface area is 123 Å². The van der Waals surface area contributed by atoms with Gasteiger partial charge in [0.15, 0.2) is 0 Å². The Kier molecular flexibility index (Phi) is 3.14. The molecule has 0 spiro atoms. The summed E-state index contributed by atoms with van der Waals surface area (Å²) in [5.74, 6) is 6.90. The van der Waals surface area contributed by atoms with Crippen molar-refractivity contribution in [2.45, 2.75) is 32.3 Å². The lowest BCUT2D eigenvalue weighted by atomic mass is 9.86. The van der Waals surface area contributed by atoms with E-state index in [2.05, 4.69) is 17.2 Å². The van der Waals surface area contributed by atoms with Crippen LogP contribution in [-0.4, -0.2) is 6.09 Å². The number of anilines is 1. The molecule has 1 saturated carbocycles. The first-order valence-electron chi connectivity index (χ1n) is 6.84. The van der Waals surface area contributed by atoms with E-state index in [1.807, 2.05) is 26.0 Å². The largest absolute Gasteiger partial charge is 0.425 e. The van der Waals surface area contributed by atoms with Crippen LogP contribution in [0.1, 0.15) is 32.3 Å². The van der Waals surface area contributed by atoms with Gasteiger partial charge in [-0.25, -0.2) is 4.79 Å². The molecule has 1 fully saturated rings. The molecular weight excluding hydrogens is 274 g/mol. The molecule has 1 unspecified atom stereocenters. The molecule has 104 valence electrons. The topological polar surface area (TPSA) is 38.3 Å². The molecule has 0 bridgehead atoms. The summed E-state index contributed by atoms with van der Waals surface area (Å²) < 4.78 is 5.65. The molecule has 1 N–H and O–H groups in total. The monoisotopic (exact) mass is 289 g/mol. The van der Waals surface area contributed by atoms with Gasteiger partial charge in [0.05, 0.1) is 5.69 Å². The first-order chi connectivity index (χ1) is 9.51. The van der Waals surface area contributed by atoms with E-state index in [1.54, 1.807) is 6.07 Å². The summed E-state index contributed by atoms with van der Waals surface area (Å²) >= 11 is 6.01. The average molecular weight is 290 g/mol. The zero-order valence-corrected chi connectivity index (χ0v) is 12.3. The maximum Gasteiger partial charge on any atom is 0.413 e. The van der Waals surface area contributed by atoms with Crippen LogP contribution in [0.4, 0.5) is 10.5 Å². The summed E-state index contributed by atoms with van der Waals surface area (Å²) in [5, 5.41) is 3.30. The number of hydrogen-bond acceptors (Lipinski definition) is 2. The minimum absolute atomic E-state index is 0.231. The summed E-state index contributed by atoms with van der Waals surface area (Å²) in [4.78, 5) is 11.9. The van der Waals surface area contributed by atoms with Gasteiger partial charge < -0.3 is 4.74 Å². The van der Waals surface area contributed by atoms with Crippen molar-refractivity contribution in [3.63, 3.8) is 0 Å². The number of cyclic esters (lactones) is 1. The van der Waals surface area contributed by atoms with Gasteiger partial charge in [0.2, 0.25) is 5.60 Å². The third-order valence-corrected chi connectivity index (χ3v) is 3.81.